The molecule has 0 spiro atoms. The first-order valence-corrected chi connectivity index (χ1v) is 5.16. The Bertz CT molecular complexity index is 140. The van der Waals surface area contributed by atoms with Crippen LogP contribution >= 0.6 is 0 Å². The summed E-state index contributed by atoms with van der Waals surface area (Å²) in [5, 5.41) is 0. The Morgan fingerprint density at radius 3 is 2.14 bits per heavy atom. The maximum absolute atomic E-state index is 9.00. The van der Waals surface area contributed by atoms with E-state index in [-0.39, 0.29) is 0 Å². The molecule has 0 fully saturated rings. The molecule has 0 heterocycles. The van der Waals surface area contributed by atoms with E-state index in [0.29, 0.717) is 0 Å². The van der Waals surface area contributed by atoms with Crippen LogP contribution in [0.3, 0.4) is 0 Å². The Balaban J connectivity index is 0. The Labute approximate surface area is 87.5 Å². The molecule has 0 aromatic rings. The molecule has 0 aliphatic heterocycles. The number of carbonyl (C=O) groups excluding carboxylic acids is 1. The summed E-state index contributed by atoms with van der Waals surface area (Å²) in [6.07, 6.45) is 8.69. The molecule has 0 unspecified atom stereocenters. The molecule has 0 rings (SSSR count). The maximum Gasteiger partial charge on any atom is 0.309 e. The van der Waals surface area contributed by atoms with Crippen LogP contribution in [-0.2, 0) is 0 Å². The SMILES string of the molecule is C=CCCCCCC(C)C.NC(N)=O. The third-order valence-electron chi connectivity index (χ3n) is 1.69. The fourth-order valence-electron chi connectivity index (χ4n) is 1.02. The van der Waals surface area contributed by atoms with Crippen LogP contribution < -0.4 is 11.5 Å². The van der Waals surface area contributed by atoms with E-state index in [1.54, 1.807) is 0 Å². The molecule has 0 aliphatic rings. The lowest BCUT2D eigenvalue weighted by atomic mass is 10.0. The highest BCUT2D eigenvalue weighted by molar-refractivity contribution is 5.69. The van der Waals surface area contributed by atoms with E-state index in [2.05, 4.69) is 31.9 Å². The molecular weight excluding hydrogens is 176 g/mol. The molecular formula is C11H24N2O. The van der Waals surface area contributed by atoms with Gasteiger partial charge in [0.1, 0.15) is 0 Å². The van der Waals surface area contributed by atoms with Crippen molar-refractivity contribution in [1.29, 1.82) is 0 Å². The molecule has 0 saturated heterocycles. The number of hydrogen-bond donors (Lipinski definition) is 2. The number of rotatable bonds is 6. The van der Waals surface area contributed by atoms with Crippen LogP contribution in [0.5, 0.6) is 0 Å². The van der Waals surface area contributed by atoms with Gasteiger partial charge in [-0.1, -0.05) is 39.2 Å². The second kappa shape index (κ2) is 12.0. The van der Waals surface area contributed by atoms with E-state index in [1.165, 1.54) is 32.1 Å². The number of urea groups is 1. The van der Waals surface area contributed by atoms with Gasteiger partial charge in [-0.3, -0.25) is 0 Å². The van der Waals surface area contributed by atoms with Crippen LogP contribution in [0, 0.1) is 5.92 Å². The van der Waals surface area contributed by atoms with Crippen LogP contribution in [0.2, 0.25) is 0 Å². The van der Waals surface area contributed by atoms with Crippen LogP contribution in [0.25, 0.3) is 0 Å². The highest BCUT2D eigenvalue weighted by Crippen LogP contribution is 2.09. The molecule has 3 nitrogen and oxygen atoms in total. The smallest absolute Gasteiger partial charge is 0.309 e. The monoisotopic (exact) mass is 200 g/mol. The minimum Gasteiger partial charge on any atom is -0.352 e. The fourth-order valence-corrected chi connectivity index (χ4v) is 1.02. The van der Waals surface area contributed by atoms with E-state index < -0.39 is 6.03 Å². The number of hydrogen-bond acceptors (Lipinski definition) is 1. The minimum absolute atomic E-state index is 0.833. The average Bonchev–Trinajstić information content (AvgIpc) is 2.02. The third kappa shape index (κ3) is 30.5. The third-order valence-corrected chi connectivity index (χ3v) is 1.69. The van der Waals surface area contributed by atoms with E-state index in [1.807, 2.05) is 6.08 Å². The van der Waals surface area contributed by atoms with Crippen molar-refractivity contribution in [1.82, 2.24) is 0 Å². The zero-order valence-electron chi connectivity index (χ0n) is 9.46. The van der Waals surface area contributed by atoms with Gasteiger partial charge in [0.05, 0.1) is 0 Å². The van der Waals surface area contributed by atoms with Gasteiger partial charge in [-0.05, 0) is 18.8 Å². The van der Waals surface area contributed by atoms with Gasteiger partial charge in [-0.2, -0.15) is 0 Å². The summed E-state index contributed by atoms with van der Waals surface area (Å²) in [5.41, 5.74) is 8.50. The van der Waals surface area contributed by atoms with Gasteiger partial charge >= 0.3 is 6.03 Å². The lowest BCUT2D eigenvalue weighted by Gasteiger charge is -2.02. The molecule has 0 saturated carbocycles. The van der Waals surface area contributed by atoms with Crippen molar-refractivity contribution in [2.45, 2.75) is 46.0 Å². The minimum atomic E-state index is -0.833. The average molecular weight is 200 g/mol. The summed E-state index contributed by atoms with van der Waals surface area (Å²) >= 11 is 0. The van der Waals surface area contributed by atoms with Crippen molar-refractivity contribution in [2.75, 3.05) is 0 Å². The first kappa shape index (κ1) is 15.5. The largest absolute Gasteiger partial charge is 0.352 e. The number of carbonyl (C=O) groups is 1. The molecule has 0 aliphatic carbocycles. The lowest BCUT2D eigenvalue weighted by molar-refractivity contribution is 0.256. The summed E-state index contributed by atoms with van der Waals surface area (Å²) in [6, 6.07) is -0.833. The number of amides is 2. The molecule has 84 valence electrons. The van der Waals surface area contributed by atoms with Gasteiger partial charge in [-0.25, -0.2) is 4.79 Å². The Morgan fingerprint density at radius 2 is 1.79 bits per heavy atom. The van der Waals surface area contributed by atoms with Crippen molar-refractivity contribution in [2.24, 2.45) is 17.4 Å². The van der Waals surface area contributed by atoms with Crippen molar-refractivity contribution < 1.29 is 4.79 Å². The van der Waals surface area contributed by atoms with Gasteiger partial charge in [0.25, 0.3) is 0 Å². The van der Waals surface area contributed by atoms with Crippen molar-refractivity contribution in [3.63, 3.8) is 0 Å². The van der Waals surface area contributed by atoms with Gasteiger partial charge in [0.2, 0.25) is 0 Å². The highest BCUT2D eigenvalue weighted by Gasteiger charge is 1.92. The number of nitrogens with two attached hydrogens (primary N) is 2. The highest BCUT2D eigenvalue weighted by atomic mass is 16.2. The quantitative estimate of drug-likeness (QED) is 0.502. The van der Waals surface area contributed by atoms with E-state index >= 15 is 0 Å². The Hall–Kier alpha value is -0.990. The number of allylic oxidation sites excluding steroid dienone is 1. The van der Waals surface area contributed by atoms with Crippen LogP contribution in [0.4, 0.5) is 4.79 Å². The fraction of sp³-hybridized carbons (Fsp3) is 0.727. The Morgan fingerprint density at radius 1 is 1.29 bits per heavy atom. The van der Waals surface area contributed by atoms with E-state index in [4.69, 9.17) is 4.79 Å². The van der Waals surface area contributed by atoms with Crippen molar-refractivity contribution >= 4 is 6.03 Å². The molecule has 0 radical (unpaired) electrons. The zero-order chi connectivity index (χ0) is 11.4. The topological polar surface area (TPSA) is 69.1 Å². The number of unbranched alkanes of at least 4 members (excludes halogenated alkanes) is 3. The number of primary amides is 2. The van der Waals surface area contributed by atoms with Crippen LogP contribution in [0.1, 0.15) is 46.0 Å². The molecule has 2 amide bonds. The molecule has 0 bridgehead atoms. The second-order valence-electron chi connectivity index (χ2n) is 3.72. The van der Waals surface area contributed by atoms with Gasteiger partial charge < -0.3 is 11.5 Å². The van der Waals surface area contributed by atoms with Crippen LogP contribution in [-0.4, -0.2) is 6.03 Å². The summed E-state index contributed by atoms with van der Waals surface area (Å²) in [5.74, 6) is 0.878. The van der Waals surface area contributed by atoms with Gasteiger partial charge in [-0.15, -0.1) is 6.58 Å². The molecule has 0 aromatic heterocycles. The van der Waals surface area contributed by atoms with Crippen molar-refractivity contribution in [3.8, 4) is 0 Å². The van der Waals surface area contributed by atoms with Crippen LogP contribution in [0.15, 0.2) is 12.7 Å². The van der Waals surface area contributed by atoms with Gasteiger partial charge in [0, 0.05) is 0 Å². The summed E-state index contributed by atoms with van der Waals surface area (Å²) in [6.45, 7) is 8.26. The van der Waals surface area contributed by atoms with E-state index in [9.17, 15) is 0 Å². The van der Waals surface area contributed by atoms with Gasteiger partial charge in [0.15, 0.2) is 0 Å². The predicted octanol–water partition coefficient (Wildman–Crippen LogP) is 2.80. The molecule has 3 heteroatoms. The summed E-state index contributed by atoms with van der Waals surface area (Å²) in [4.78, 5) is 9.00. The Kier molecular flexibility index (Phi) is 13.3. The second-order valence-corrected chi connectivity index (χ2v) is 3.72. The summed E-state index contributed by atoms with van der Waals surface area (Å²) in [7, 11) is 0. The first-order valence-electron chi connectivity index (χ1n) is 5.16. The normalized spacial score (nSPS) is 9.07. The molecule has 0 atom stereocenters. The lowest BCUT2D eigenvalue weighted by Crippen LogP contribution is -2.18. The zero-order valence-corrected chi connectivity index (χ0v) is 9.46. The molecule has 0 aromatic carbocycles. The first-order chi connectivity index (χ1) is 6.50. The molecule has 14 heavy (non-hydrogen) atoms. The standard InChI is InChI=1S/C10H20.CH4N2O/c1-4-5-6-7-8-9-10(2)3;2-1(3)4/h4,10H,1,5-9H2,2-3H3;(H4,2,3,4). The molecule has 4 N–H and O–H groups in total. The predicted molar refractivity (Wildman–Crippen MR) is 61.9 cm³/mol. The van der Waals surface area contributed by atoms with E-state index in [0.717, 1.165) is 5.92 Å². The maximum atomic E-state index is 9.00. The van der Waals surface area contributed by atoms with Crippen molar-refractivity contribution in [3.05, 3.63) is 12.7 Å². The summed E-state index contributed by atoms with van der Waals surface area (Å²) < 4.78 is 0.